The van der Waals surface area contributed by atoms with Gasteiger partial charge in [-0.15, -0.1) is 0 Å². The average molecular weight is 273 g/mol. The Kier molecular flexibility index (Phi) is 4.00. The van der Waals surface area contributed by atoms with Crippen molar-refractivity contribution in [3.63, 3.8) is 0 Å². The van der Waals surface area contributed by atoms with Crippen molar-refractivity contribution in [3.05, 3.63) is 58.9 Å². The lowest BCUT2D eigenvalue weighted by molar-refractivity contribution is 0.102. The maximum Gasteiger partial charge on any atom is 0.256 e. The minimum atomic E-state index is -0.448. The molecule has 0 unspecified atom stereocenters. The molecule has 0 aliphatic heterocycles. The molecule has 0 saturated heterocycles. The summed E-state index contributed by atoms with van der Waals surface area (Å²) in [6.07, 6.45) is 0. The van der Waals surface area contributed by atoms with Crippen LogP contribution in [0.3, 0.4) is 0 Å². The van der Waals surface area contributed by atoms with E-state index < -0.39 is 5.82 Å². The van der Waals surface area contributed by atoms with Gasteiger partial charge in [-0.25, -0.2) is 4.39 Å². The number of halogens is 1. The van der Waals surface area contributed by atoms with Crippen LogP contribution in [0.2, 0.25) is 0 Å². The standard InChI is InChI=1S/C15H16FN3O/c1-9-4-3-5-13(16)14(9)18-15(20)12-7-6-11(19-17)8-10(12)2/h3-8,19H,17H2,1-2H3,(H,18,20). The quantitative estimate of drug-likeness (QED) is 0.595. The monoisotopic (exact) mass is 273 g/mol. The van der Waals surface area contributed by atoms with Crippen LogP contribution in [0, 0.1) is 19.7 Å². The van der Waals surface area contributed by atoms with Gasteiger partial charge in [0.15, 0.2) is 0 Å². The summed E-state index contributed by atoms with van der Waals surface area (Å²) in [7, 11) is 0. The second-order valence-corrected chi connectivity index (χ2v) is 4.56. The van der Waals surface area contributed by atoms with Gasteiger partial charge < -0.3 is 10.7 Å². The molecule has 0 atom stereocenters. The van der Waals surface area contributed by atoms with Gasteiger partial charge in [-0.2, -0.15) is 0 Å². The lowest BCUT2D eigenvalue weighted by Gasteiger charge is -2.11. The van der Waals surface area contributed by atoms with Gasteiger partial charge in [-0.1, -0.05) is 12.1 Å². The van der Waals surface area contributed by atoms with E-state index in [1.807, 2.05) is 0 Å². The summed E-state index contributed by atoms with van der Waals surface area (Å²) >= 11 is 0. The second kappa shape index (κ2) is 5.71. The fourth-order valence-corrected chi connectivity index (χ4v) is 1.98. The molecule has 0 bridgehead atoms. The van der Waals surface area contributed by atoms with E-state index in [-0.39, 0.29) is 11.6 Å². The minimum absolute atomic E-state index is 0.206. The van der Waals surface area contributed by atoms with E-state index in [9.17, 15) is 9.18 Å². The third kappa shape index (κ3) is 2.78. The molecule has 4 nitrogen and oxygen atoms in total. The van der Waals surface area contributed by atoms with Crippen LogP contribution < -0.4 is 16.6 Å². The van der Waals surface area contributed by atoms with Crippen LogP contribution in [-0.2, 0) is 0 Å². The van der Waals surface area contributed by atoms with Crippen LogP contribution in [0.5, 0.6) is 0 Å². The number of carbonyl (C=O) groups is 1. The first-order valence-electron chi connectivity index (χ1n) is 6.16. The number of hydrogen-bond acceptors (Lipinski definition) is 3. The zero-order valence-electron chi connectivity index (χ0n) is 11.3. The van der Waals surface area contributed by atoms with Crippen LogP contribution in [0.4, 0.5) is 15.8 Å². The Morgan fingerprint density at radius 1 is 1.15 bits per heavy atom. The summed E-state index contributed by atoms with van der Waals surface area (Å²) in [5, 5.41) is 2.61. The second-order valence-electron chi connectivity index (χ2n) is 4.56. The summed E-state index contributed by atoms with van der Waals surface area (Å²) < 4.78 is 13.7. The summed E-state index contributed by atoms with van der Waals surface area (Å²) in [6.45, 7) is 3.54. The molecule has 0 radical (unpaired) electrons. The number of nitrogen functional groups attached to an aromatic ring is 1. The van der Waals surface area contributed by atoms with Crippen molar-refractivity contribution in [1.29, 1.82) is 0 Å². The number of anilines is 2. The molecule has 0 spiro atoms. The number of benzene rings is 2. The Balaban J connectivity index is 2.29. The number of hydrogen-bond donors (Lipinski definition) is 3. The lowest BCUT2D eigenvalue weighted by Crippen LogP contribution is -2.16. The maximum atomic E-state index is 13.7. The SMILES string of the molecule is Cc1cc(NN)ccc1C(=O)Nc1c(C)cccc1F. The van der Waals surface area contributed by atoms with E-state index in [0.717, 1.165) is 5.56 Å². The van der Waals surface area contributed by atoms with Gasteiger partial charge in [-0.05, 0) is 49.2 Å². The number of aryl methyl sites for hydroxylation is 2. The maximum absolute atomic E-state index is 13.7. The van der Waals surface area contributed by atoms with Crippen molar-refractivity contribution in [3.8, 4) is 0 Å². The largest absolute Gasteiger partial charge is 0.324 e. The van der Waals surface area contributed by atoms with Crippen LogP contribution in [0.1, 0.15) is 21.5 Å². The molecule has 4 N–H and O–H groups in total. The molecule has 2 rings (SSSR count). The molecule has 0 saturated carbocycles. The number of hydrazine groups is 1. The first-order chi connectivity index (χ1) is 9.52. The molecule has 104 valence electrons. The summed E-state index contributed by atoms with van der Waals surface area (Å²) in [5.41, 5.74) is 5.34. The Morgan fingerprint density at radius 3 is 2.50 bits per heavy atom. The highest BCUT2D eigenvalue weighted by Gasteiger charge is 2.13. The molecule has 2 aromatic carbocycles. The third-order valence-corrected chi connectivity index (χ3v) is 3.10. The molecule has 0 heterocycles. The normalized spacial score (nSPS) is 10.2. The highest BCUT2D eigenvalue weighted by molar-refractivity contribution is 6.05. The number of carbonyl (C=O) groups excluding carboxylic acids is 1. The van der Waals surface area contributed by atoms with E-state index in [2.05, 4.69) is 10.7 Å². The molecule has 0 aromatic heterocycles. The fraction of sp³-hybridized carbons (Fsp3) is 0.133. The van der Waals surface area contributed by atoms with Gasteiger partial charge in [0.2, 0.25) is 0 Å². The van der Waals surface area contributed by atoms with Gasteiger partial charge in [0, 0.05) is 11.3 Å². The molecule has 0 fully saturated rings. The van der Waals surface area contributed by atoms with Crippen LogP contribution in [-0.4, -0.2) is 5.91 Å². The molecule has 5 heteroatoms. The number of amides is 1. The van der Waals surface area contributed by atoms with E-state index in [1.54, 1.807) is 44.2 Å². The lowest BCUT2D eigenvalue weighted by atomic mass is 10.1. The van der Waals surface area contributed by atoms with E-state index in [1.165, 1.54) is 6.07 Å². The Labute approximate surface area is 116 Å². The number of para-hydroxylation sites is 1. The topological polar surface area (TPSA) is 67.1 Å². The van der Waals surface area contributed by atoms with Crippen molar-refractivity contribution < 1.29 is 9.18 Å². The summed E-state index contributed by atoms with van der Waals surface area (Å²) in [5.74, 6) is 4.51. The molecular weight excluding hydrogens is 257 g/mol. The van der Waals surface area contributed by atoms with Crippen molar-refractivity contribution in [2.24, 2.45) is 5.84 Å². The Morgan fingerprint density at radius 2 is 1.90 bits per heavy atom. The molecule has 20 heavy (non-hydrogen) atoms. The van der Waals surface area contributed by atoms with Gasteiger partial charge in [0.05, 0.1) is 5.69 Å². The predicted molar refractivity (Wildman–Crippen MR) is 78.1 cm³/mol. The van der Waals surface area contributed by atoms with Crippen molar-refractivity contribution in [2.75, 3.05) is 10.7 Å². The predicted octanol–water partition coefficient (Wildman–Crippen LogP) is 2.98. The zero-order chi connectivity index (χ0) is 14.7. The first kappa shape index (κ1) is 14.0. The first-order valence-corrected chi connectivity index (χ1v) is 6.16. The average Bonchev–Trinajstić information content (AvgIpc) is 2.42. The Hall–Kier alpha value is -2.40. The van der Waals surface area contributed by atoms with E-state index in [0.29, 0.717) is 16.8 Å². The Bertz CT molecular complexity index is 635. The fourth-order valence-electron chi connectivity index (χ4n) is 1.98. The number of rotatable bonds is 3. The van der Waals surface area contributed by atoms with Gasteiger partial charge in [-0.3, -0.25) is 10.6 Å². The highest BCUT2D eigenvalue weighted by atomic mass is 19.1. The number of nitrogens with one attached hydrogen (secondary N) is 2. The molecular formula is C15H16FN3O. The van der Waals surface area contributed by atoms with E-state index in [4.69, 9.17) is 5.84 Å². The molecule has 2 aromatic rings. The highest BCUT2D eigenvalue weighted by Crippen LogP contribution is 2.21. The van der Waals surface area contributed by atoms with Gasteiger partial charge in [0.25, 0.3) is 5.91 Å². The van der Waals surface area contributed by atoms with Crippen LogP contribution >= 0.6 is 0 Å². The van der Waals surface area contributed by atoms with Gasteiger partial charge >= 0.3 is 0 Å². The van der Waals surface area contributed by atoms with Crippen LogP contribution in [0.15, 0.2) is 36.4 Å². The minimum Gasteiger partial charge on any atom is -0.324 e. The van der Waals surface area contributed by atoms with E-state index >= 15 is 0 Å². The third-order valence-electron chi connectivity index (χ3n) is 3.10. The summed E-state index contributed by atoms with van der Waals surface area (Å²) in [4.78, 5) is 12.2. The van der Waals surface area contributed by atoms with Gasteiger partial charge in [0.1, 0.15) is 5.82 Å². The zero-order valence-corrected chi connectivity index (χ0v) is 11.3. The number of nitrogens with two attached hydrogens (primary N) is 1. The van der Waals surface area contributed by atoms with Crippen LogP contribution in [0.25, 0.3) is 0 Å². The molecule has 0 aliphatic rings. The van der Waals surface area contributed by atoms with Crippen molar-refractivity contribution in [2.45, 2.75) is 13.8 Å². The van der Waals surface area contributed by atoms with Crippen molar-refractivity contribution in [1.82, 2.24) is 0 Å². The smallest absolute Gasteiger partial charge is 0.256 e. The molecule has 1 amide bonds. The molecule has 0 aliphatic carbocycles. The van der Waals surface area contributed by atoms with Crippen molar-refractivity contribution >= 4 is 17.3 Å². The summed E-state index contributed by atoms with van der Waals surface area (Å²) in [6, 6.07) is 9.76.